The molecule has 1 aromatic carbocycles. The molecule has 0 spiro atoms. The number of carbonyl (C=O) groups is 4. The van der Waals surface area contributed by atoms with Crippen LogP contribution < -0.4 is 16.0 Å². The van der Waals surface area contributed by atoms with Gasteiger partial charge in [-0.1, -0.05) is 109 Å². The van der Waals surface area contributed by atoms with Gasteiger partial charge in [-0.3, -0.25) is 14.4 Å². The molecule has 0 bridgehead atoms. The van der Waals surface area contributed by atoms with E-state index in [4.69, 9.17) is 4.74 Å². The summed E-state index contributed by atoms with van der Waals surface area (Å²) in [5.74, 6) is -0.953. The van der Waals surface area contributed by atoms with Crippen molar-refractivity contribution in [2.45, 2.75) is 136 Å². The first-order chi connectivity index (χ1) is 19.9. The van der Waals surface area contributed by atoms with Gasteiger partial charge in [-0.15, -0.1) is 0 Å². The molecular formula is C33H55N3O5. The van der Waals surface area contributed by atoms with Crippen molar-refractivity contribution in [3.63, 3.8) is 0 Å². The molecule has 0 aliphatic heterocycles. The van der Waals surface area contributed by atoms with Crippen LogP contribution in [0.1, 0.15) is 139 Å². The van der Waals surface area contributed by atoms with Gasteiger partial charge in [0.05, 0.1) is 7.11 Å². The molecule has 3 amide bonds. The number of benzene rings is 1. The van der Waals surface area contributed by atoms with E-state index in [-0.39, 0.29) is 24.1 Å². The molecule has 1 atom stereocenters. The Labute approximate surface area is 248 Å². The Morgan fingerprint density at radius 1 is 0.683 bits per heavy atom. The van der Waals surface area contributed by atoms with Crippen LogP contribution in [-0.4, -0.2) is 43.4 Å². The Morgan fingerprint density at radius 3 is 1.76 bits per heavy atom. The van der Waals surface area contributed by atoms with Crippen molar-refractivity contribution in [3.8, 4) is 0 Å². The highest BCUT2D eigenvalue weighted by Gasteiger charge is 2.21. The molecular weight excluding hydrogens is 518 g/mol. The zero-order valence-electron chi connectivity index (χ0n) is 25.9. The van der Waals surface area contributed by atoms with Crippen LogP contribution in [0.5, 0.6) is 0 Å². The lowest BCUT2D eigenvalue weighted by Gasteiger charge is -2.15. The van der Waals surface area contributed by atoms with Gasteiger partial charge in [0.1, 0.15) is 6.04 Å². The van der Waals surface area contributed by atoms with E-state index in [9.17, 15) is 19.2 Å². The zero-order valence-corrected chi connectivity index (χ0v) is 25.9. The van der Waals surface area contributed by atoms with Gasteiger partial charge in [-0.05, 0) is 30.5 Å². The van der Waals surface area contributed by atoms with Gasteiger partial charge < -0.3 is 20.7 Å². The van der Waals surface area contributed by atoms with E-state index in [1.807, 2.05) is 6.92 Å². The number of unbranched alkanes of at least 4 members (excludes halogenated alkanes) is 12. The summed E-state index contributed by atoms with van der Waals surface area (Å²) in [6, 6.07) is 6.17. The molecule has 232 valence electrons. The quantitative estimate of drug-likeness (QED) is 0.0983. The molecule has 0 unspecified atom stereocenters. The summed E-state index contributed by atoms with van der Waals surface area (Å²) < 4.78 is 4.75. The number of ether oxygens (including phenoxy) is 1. The lowest BCUT2D eigenvalue weighted by atomic mass is 10.0. The van der Waals surface area contributed by atoms with Crippen molar-refractivity contribution in [2.24, 2.45) is 0 Å². The summed E-state index contributed by atoms with van der Waals surface area (Å²) in [5, 5.41) is 8.38. The normalized spacial score (nSPS) is 11.5. The number of amides is 3. The second-order valence-corrected chi connectivity index (χ2v) is 10.9. The summed E-state index contributed by atoms with van der Waals surface area (Å²) in [7, 11) is 1.30. The summed E-state index contributed by atoms with van der Waals surface area (Å²) in [6.45, 7) is 4.83. The molecule has 0 saturated heterocycles. The molecule has 0 aliphatic carbocycles. The minimum absolute atomic E-state index is 0.00288. The third kappa shape index (κ3) is 18.2. The first kappa shape index (κ1) is 36.1. The minimum Gasteiger partial charge on any atom is -0.467 e. The van der Waals surface area contributed by atoms with Crippen LogP contribution in [0.3, 0.4) is 0 Å². The van der Waals surface area contributed by atoms with E-state index in [0.717, 1.165) is 24.8 Å². The molecule has 0 fully saturated rings. The molecule has 0 aromatic heterocycles. The number of hydrogen-bond donors (Lipinski definition) is 3. The predicted molar refractivity (Wildman–Crippen MR) is 164 cm³/mol. The molecule has 0 saturated carbocycles. The Morgan fingerprint density at radius 2 is 1.22 bits per heavy atom. The first-order valence-corrected chi connectivity index (χ1v) is 15.9. The van der Waals surface area contributed by atoms with E-state index < -0.39 is 12.0 Å². The second kappa shape index (κ2) is 23.8. The molecule has 3 N–H and O–H groups in total. The maximum atomic E-state index is 12.5. The minimum atomic E-state index is -0.675. The molecule has 0 radical (unpaired) electrons. The van der Waals surface area contributed by atoms with E-state index in [2.05, 4.69) is 22.9 Å². The number of hydrogen-bond acceptors (Lipinski definition) is 5. The number of carbonyl (C=O) groups excluding carboxylic acids is 4. The van der Waals surface area contributed by atoms with Crippen LogP contribution in [0.15, 0.2) is 24.3 Å². The maximum Gasteiger partial charge on any atom is 0.328 e. The lowest BCUT2D eigenvalue weighted by molar-refractivity contribution is -0.143. The topological polar surface area (TPSA) is 114 Å². The molecule has 8 nitrogen and oxygen atoms in total. The summed E-state index contributed by atoms with van der Waals surface area (Å²) in [6.07, 6.45) is 18.6. The van der Waals surface area contributed by atoms with Gasteiger partial charge in [0.15, 0.2) is 0 Å². The Kier molecular flexibility index (Phi) is 20.9. The predicted octanol–water partition coefficient (Wildman–Crippen LogP) is 6.36. The van der Waals surface area contributed by atoms with Gasteiger partial charge in [-0.2, -0.15) is 0 Å². The van der Waals surface area contributed by atoms with Crippen LogP contribution in [0.2, 0.25) is 0 Å². The monoisotopic (exact) mass is 573 g/mol. The van der Waals surface area contributed by atoms with Crippen LogP contribution >= 0.6 is 0 Å². The van der Waals surface area contributed by atoms with Crippen molar-refractivity contribution in [1.82, 2.24) is 16.0 Å². The van der Waals surface area contributed by atoms with Crippen LogP contribution in [0.25, 0.3) is 0 Å². The van der Waals surface area contributed by atoms with Gasteiger partial charge in [0, 0.05) is 31.5 Å². The van der Waals surface area contributed by atoms with Crippen LogP contribution in [0, 0.1) is 0 Å². The molecule has 41 heavy (non-hydrogen) atoms. The van der Waals surface area contributed by atoms with Crippen molar-refractivity contribution < 1.29 is 23.9 Å². The molecule has 0 heterocycles. The fraction of sp³-hybridized carbons (Fsp3) is 0.697. The summed E-state index contributed by atoms with van der Waals surface area (Å²) in [4.78, 5) is 48.5. The smallest absolute Gasteiger partial charge is 0.328 e. The van der Waals surface area contributed by atoms with Crippen molar-refractivity contribution in [2.75, 3.05) is 13.7 Å². The molecule has 8 heteroatoms. The van der Waals surface area contributed by atoms with Crippen molar-refractivity contribution in [3.05, 3.63) is 35.4 Å². The van der Waals surface area contributed by atoms with Gasteiger partial charge in [0.25, 0.3) is 5.91 Å². The van der Waals surface area contributed by atoms with Gasteiger partial charge in [-0.25, -0.2) is 4.79 Å². The third-order valence-corrected chi connectivity index (χ3v) is 7.26. The SMILES string of the molecule is CCCCCCCCCCCCCCCC(=O)NCCC(=O)NCc1ccc(C(=O)N[C@@H](CCC)C(=O)OC)cc1. The van der Waals surface area contributed by atoms with E-state index >= 15 is 0 Å². The Bertz CT molecular complexity index is 872. The van der Waals surface area contributed by atoms with E-state index in [1.54, 1.807) is 24.3 Å². The van der Waals surface area contributed by atoms with Crippen molar-refractivity contribution in [1.29, 1.82) is 0 Å². The van der Waals surface area contributed by atoms with E-state index in [1.165, 1.54) is 77.7 Å². The second-order valence-electron chi connectivity index (χ2n) is 10.9. The fourth-order valence-corrected chi connectivity index (χ4v) is 4.69. The number of rotatable bonds is 24. The van der Waals surface area contributed by atoms with Gasteiger partial charge >= 0.3 is 5.97 Å². The summed E-state index contributed by atoms with van der Waals surface area (Å²) >= 11 is 0. The average molecular weight is 574 g/mol. The first-order valence-electron chi connectivity index (χ1n) is 15.9. The lowest BCUT2D eigenvalue weighted by Crippen LogP contribution is -2.41. The maximum absolute atomic E-state index is 12.5. The molecule has 0 aliphatic rings. The average Bonchev–Trinajstić information content (AvgIpc) is 2.98. The number of methoxy groups -OCH3 is 1. The number of nitrogens with one attached hydrogen (secondary N) is 3. The standard InChI is InChI=1S/C33H55N3O5/c1-4-6-7-8-9-10-11-12-13-14-15-16-17-19-30(37)34-25-24-31(38)35-26-27-20-22-28(23-21-27)32(39)36-29(18-5-2)33(40)41-3/h20-23,29H,4-19,24-26H2,1-3H3,(H,34,37)(H,35,38)(H,36,39)/t29-/m0/s1. The molecule has 1 rings (SSSR count). The Hall–Kier alpha value is -2.90. The zero-order chi connectivity index (χ0) is 30.1. The highest BCUT2D eigenvalue weighted by molar-refractivity contribution is 5.96. The van der Waals surface area contributed by atoms with Gasteiger partial charge in [0.2, 0.25) is 11.8 Å². The third-order valence-electron chi connectivity index (χ3n) is 7.26. The number of esters is 1. The summed E-state index contributed by atoms with van der Waals surface area (Å²) in [5.41, 5.74) is 1.27. The van der Waals surface area contributed by atoms with Crippen LogP contribution in [0.4, 0.5) is 0 Å². The Balaban J connectivity index is 2.10. The molecule has 1 aromatic rings. The fourth-order valence-electron chi connectivity index (χ4n) is 4.69. The van der Waals surface area contributed by atoms with Crippen molar-refractivity contribution >= 4 is 23.7 Å². The highest BCUT2D eigenvalue weighted by Crippen LogP contribution is 2.13. The largest absolute Gasteiger partial charge is 0.467 e. The highest BCUT2D eigenvalue weighted by atomic mass is 16.5. The van der Waals surface area contributed by atoms with Crippen LogP contribution in [-0.2, 0) is 25.7 Å². The van der Waals surface area contributed by atoms with E-state index in [0.29, 0.717) is 31.5 Å².